The topological polar surface area (TPSA) is 104 Å². The van der Waals surface area contributed by atoms with Gasteiger partial charge in [-0.25, -0.2) is 9.59 Å². The number of amides is 3. The minimum atomic E-state index is -1.08. The third-order valence-corrected chi connectivity index (χ3v) is 2.16. The van der Waals surface area contributed by atoms with E-state index < -0.39 is 23.9 Å². The zero-order chi connectivity index (χ0) is 12.9. The van der Waals surface area contributed by atoms with Crippen molar-refractivity contribution in [2.75, 3.05) is 20.6 Å². The van der Waals surface area contributed by atoms with E-state index in [4.69, 9.17) is 10.8 Å². The van der Waals surface area contributed by atoms with Gasteiger partial charge in [0.15, 0.2) is 0 Å². The molecule has 0 spiro atoms. The summed E-state index contributed by atoms with van der Waals surface area (Å²) in [5.74, 6) is -1.72. The van der Waals surface area contributed by atoms with Crippen LogP contribution >= 0.6 is 0 Å². The van der Waals surface area contributed by atoms with Gasteiger partial charge in [0.05, 0.1) is 0 Å². The Labute approximate surface area is 93.8 Å². The normalized spacial score (nSPS) is 11.7. The number of carboxylic acids is 1. The maximum absolute atomic E-state index is 11.7. The highest BCUT2D eigenvalue weighted by Gasteiger charge is 2.27. The van der Waals surface area contributed by atoms with Gasteiger partial charge in [0.2, 0.25) is 5.91 Å². The van der Waals surface area contributed by atoms with Crippen LogP contribution < -0.4 is 5.73 Å². The minimum absolute atomic E-state index is 0.237. The summed E-state index contributed by atoms with van der Waals surface area (Å²) in [6, 6.07) is -1.45. The molecule has 0 saturated heterocycles. The van der Waals surface area contributed by atoms with Gasteiger partial charge in [-0.3, -0.25) is 4.79 Å². The number of rotatable bonds is 5. The first kappa shape index (κ1) is 14.2. The summed E-state index contributed by atoms with van der Waals surface area (Å²) in [5, 5.41) is 8.85. The fourth-order valence-corrected chi connectivity index (χ4v) is 1.32. The first-order valence-corrected chi connectivity index (χ1v) is 4.80. The number of hydrogen-bond acceptors (Lipinski definition) is 3. The molecule has 0 aromatic rings. The molecule has 3 amide bonds. The SMILES string of the molecule is CCC(C(=O)O)N(C)C(=O)N(C)CC(N)=O. The Hall–Kier alpha value is -1.79. The zero-order valence-corrected chi connectivity index (χ0v) is 9.64. The van der Waals surface area contributed by atoms with E-state index in [9.17, 15) is 14.4 Å². The van der Waals surface area contributed by atoms with Crippen LogP contribution in [0.15, 0.2) is 0 Å². The van der Waals surface area contributed by atoms with Crippen molar-refractivity contribution in [3.63, 3.8) is 0 Å². The largest absolute Gasteiger partial charge is 0.480 e. The van der Waals surface area contributed by atoms with E-state index in [1.165, 1.54) is 14.1 Å². The summed E-state index contributed by atoms with van der Waals surface area (Å²) in [5.41, 5.74) is 4.93. The van der Waals surface area contributed by atoms with Gasteiger partial charge >= 0.3 is 12.0 Å². The number of likely N-dealkylation sites (N-methyl/N-ethyl adjacent to an activating group) is 2. The van der Waals surface area contributed by atoms with Crippen LogP contribution in [-0.4, -0.2) is 59.5 Å². The lowest BCUT2D eigenvalue weighted by Crippen LogP contribution is -2.49. The first-order valence-electron chi connectivity index (χ1n) is 4.80. The molecule has 0 rings (SSSR count). The summed E-state index contributed by atoms with van der Waals surface area (Å²) in [6.07, 6.45) is 0.294. The Kier molecular flexibility index (Phi) is 5.27. The molecule has 0 aromatic carbocycles. The van der Waals surface area contributed by atoms with Gasteiger partial charge in [-0.2, -0.15) is 0 Å². The number of nitrogens with zero attached hydrogens (tertiary/aromatic N) is 2. The van der Waals surface area contributed by atoms with Crippen molar-refractivity contribution in [1.29, 1.82) is 0 Å². The number of aliphatic carboxylic acids is 1. The third kappa shape index (κ3) is 3.76. The second kappa shape index (κ2) is 5.94. The van der Waals surface area contributed by atoms with Crippen molar-refractivity contribution in [3.05, 3.63) is 0 Å². The Morgan fingerprint density at radius 2 is 1.81 bits per heavy atom. The lowest BCUT2D eigenvalue weighted by atomic mass is 10.2. The van der Waals surface area contributed by atoms with Crippen LogP contribution in [0.5, 0.6) is 0 Å². The molecule has 16 heavy (non-hydrogen) atoms. The van der Waals surface area contributed by atoms with E-state index in [-0.39, 0.29) is 6.54 Å². The van der Waals surface area contributed by atoms with E-state index in [0.29, 0.717) is 6.42 Å². The number of carbonyl (C=O) groups is 3. The quantitative estimate of drug-likeness (QED) is 0.654. The van der Waals surface area contributed by atoms with Crippen LogP contribution in [0.25, 0.3) is 0 Å². The Morgan fingerprint density at radius 1 is 1.31 bits per heavy atom. The number of urea groups is 1. The molecular weight excluding hydrogens is 214 g/mol. The Bertz CT molecular complexity index is 292. The van der Waals surface area contributed by atoms with Crippen LogP contribution in [0.3, 0.4) is 0 Å². The van der Waals surface area contributed by atoms with Gasteiger partial charge in [-0.15, -0.1) is 0 Å². The first-order chi connectivity index (χ1) is 7.31. The number of nitrogens with two attached hydrogens (primary N) is 1. The van der Waals surface area contributed by atoms with Crippen molar-refractivity contribution < 1.29 is 19.5 Å². The number of carboxylic acid groups (broad SMARTS) is 1. The van der Waals surface area contributed by atoms with Gasteiger partial charge in [-0.05, 0) is 6.42 Å². The summed E-state index contributed by atoms with van der Waals surface area (Å²) in [4.78, 5) is 35.2. The molecule has 7 nitrogen and oxygen atoms in total. The monoisotopic (exact) mass is 231 g/mol. The predicted octanol–water partition coefficient (Wildman–Crippen LogP) is -0.681. The summed E-state index contributed by atoms with van der Waals surface area (Å²) < 4.78 is 0. The van der Waals surface area contributed by atoms with E-state index in [0.717, 1.165) is 9.80 Å². The van der Waals surface area contributed by atoms with E-state index in [1.54, 1.807) is 6.92 Å². The summed E-state index contributed by atoms with van der Waals surface area (Å²) in [7, 11) is 2.76. The van der Waals surface area contributed by atoms with E-state index in [1.807, 2.05) is 0 Å². The fraction of sp³-hybridized carbons (Fsp3) is 0.667. The molecule has 0 heterocycles. The molecule has 1 unspecified atom stereocenters. The van der Waals surface area contributed by atoms with Gasteiger partial charge in [0.25, 0.3) is 0 Å². The maximum atomic E-state index is 11.7. The van der Waals surface area contributed by atoms with Gasteiger partial charge in [0, 0.05) is 14.1 Å². The molecule has 7 heteroatoms. The Morgan fingerprint density at radius 3 is 2.12 bits per heavy atom. The van der Waals surface area contributed by atoms with Crippen molar-refractivity contribution in [2.24, 2.45) is 5.73 Å². The number of primary amides is 1. The summed E-state index contributed by atoms with van der Waals surface area (Å²) >= 11 is 0. The Balaban J connectivity index is 4.58. The molecule has 3 N–H and O–H groups in total. The van der Waals surface area contributed by atoms with Crippen LogP contribution in [0.2, 0.25) is 0 Å². The average Bonchev–Trinajstić information content (AvgIpc) is 2.15. The average molecular weight is 231 g/mol. The van der Waals surface area contributed by atoms with Gasteiger partial charge < -0.3 is 20.6 Å². The number of carbonyl (C=O) groups excluding carboxylic acids is 2. The molecule has 0 aromatic heterocycles. The highest BCUT2D eigenvalue weighted by atomic mass is 16.4. The molecule has 1 atom stereocenters. The van der Waals surface area contributed by atoms with Crippen molar-refractivity contribution in [1.82, 2.24) is 9.80 Å². The van der Waals surface area contributed by atoms with Gasteiger partial charge in [0.1, 0.15) is 12.6 Å². The van der Waals surface area contributed by atoms with Crippen molar-refractivity contribution in [3.8, 4) is 0 Å². The second-order valence-corrected chi connectivity index (χ2v) is 3.48. The maximum Gasteiger partial charge on any atom is 0.326 e. The predicted molar refractivity (Wildman–Crippen MR) is 56.7 cm³/mol. The molecule has 0 aliphatic heterocycles. The lowest BCUT2D eigenvalue weighted by Gasteiger charge is -2.28. The van der Waals surface area contributed by atoms with Crippen LogP contribution in [0.4, 0.5) is 4.79 Å². The molecule has 0 saturated carbocycles. The highest BCUT2D eigenvalue weighted by Crippen LogP contribution is 2.05. The van der Waals surface area contributed by atoms with Crippen molar-refractivity contribution in [2.45, 2.75) is 19.4 Å². The standard InChI is InChI=1S/C9H17N3O4/c1-4-6(8(14)15)12(3)9(16)11(2)5-7(10)13/h6H,4-5H2,1-3H3,(H2,10,13)(H,14,15). The lowest BCUT2D eigenvalue weighted by molar-refractivity contribution is -0.142. The molecule has 0 aliphatic rings. The molecule has 92 valence electrons. The number of hydrogen-bond donors (Lipinski definition) is 2. The summed E-state index contributed by atoms with van der Waals surface area (Å²) in [6.45, 7) is 1.43. The smallest absolute Gasteiger partial charge is 0.326 e. The van der Waals surface area contributed by atoms with Crippen LogP contribution in [-0.2, 0) is 9.59 Å². The van der Waals surface area contributed by atoms with Crippen LogP contribution in [0.1, 0.15) is 13.3 Å². The zero-order valence-electron chi connectivity index (χ0n) is 9.64. The van der Waals surface area contributed by atoms with Gasteiger partial charge in [-0.1, -0.05) is 6.92 Å². The van der Waals surface area contributed by atoms with E-state index >= 15 is 0 Å². The van der Waals surface area contributed by atoms with E-state index in [2.05, 4.69) is 0 Å². The van der Waals surface area contributed by atoms with Crippen LogP contribution in [0, 0.1) is 0 Å². The van der Waals surface area contributed by atoms with Crippen molar-refractivity contribution >= 4 is 17.9 Å². The molecular formula is C9H17N3O4. The highest BCUT2D eigenvalue weighted by molar-refractivity contribution is 5.85. The minimum Gasteiger partial charge on any atom is -0.480 e. The molecule has 0 fully saturated rings. The molecule has 0 bridgehead atoms. The second-order valence-electron chi connectivity index (χ2n) is 3.48. The fourth-order valence-electron chi connectivity index (χ4n) is 1.32. The molecule has 0 aliphatic carbocycles. The third-order valence-electron chi connectivity index (χ3n) is 2.16. The molecule has 0 radical (unpaired) electrons.